The van der Waals surface area contributed by atoms with E-state index in [0.29, 0.717) is 22.0 Å². The van der Waals surface area contributed by atoms with Gasteiger partial charge >= 0.3 is 0 Å². The largest absolute Gasteiger partial charge is 0.348 e. The molecule has 158 valence electrons. The highest BCUT2D eigenvalue weighted by Crippen LogP contribution is 2.29. The van der Waals surface area contributed by atoms with E-state index in [-0.39, 0.29) is 17.0 Å². The van der Waals surface area contributed by atoms with Crippen LogP contribution in [0.2, 0.25) is 0 Å². The first-order valence-electron chi connectivity index (χ1n) is 9.50. The van der Waals surface area contributed by atoms with Crippen LogP contribution in [0.3, 0.4) is 0 Å². The van der Waals surface area contributed by atoms with Crippen LogP contribution >= 0.6 is 23.1 Å². The molecular weight excluding hydrogens is 432 g/mol. The van der Waals surface area contributed by atoms with Crippen molar-refractivity contribution >= 4 is 50.2 Å². The average molecular weight is 452 g/mol. The van der Waals surface area contributed by atoms with E-state index in [1.165, 1.54) is 15.9 Å². The summed E-state index contributed by atoms with van der Waals surface area (Å²) in [4.78, 5) is 36.3. The number of rotatable bonds is 6. The smallest absolute Gasteiger partial charge is 0.273 e. The predicted octanol–water partition coefficient (Wildman–Crippen LogP) is 3.48. The number of halogens is 2. The number of hydrogen-bond acceptors (Lipinski definition) is 7. The van der Waals surface area contributed by atoms with E-state index in [9.17, 15) is 18.4 Å². The van der Waals surface area contributed by atoms with Crippen molar-refractivity contribution in [2.75, 3.05) is 29.1 Å². The number of hydrogen-bond donors (Lipinski definition) is 1. The normalized spacial score (nSPS) is 13.9. The van der Waals surface area contributed by atoms with Gasteiger partial charge in [-0.15, -0.1) is 0 Å². The molecule has 0 aliphatic carbocycles. The Morgan fingerprint density at radius 3 is 2.77 bits per heavy atom. The number of benzene rings is 1. The number of aromatic nitrogens is 3. The molecule has 1 N–H and O–H groups in total. The van der Waals surface area contributed by atoms with E-state index >= 15 is 0 Å². The highest BCUT2D eigenvalue weighted by Gasteiger charge is 2.21. The molecule has 1 aromatic carbocycles. The van der Waals surface area contributed by atoms with Crippen molar-refractivity contribution in [3.63, 3.8) is 0 Å². The third-order valence-electron chi connectivity index (χ3n) is 4.70. The second-order valence-electron chi connectivity index (χ2n) is 6.75. The van der Waals surface area contributed by atoms with E-state index in [2.05, 4.69) is 20.2 Å². The van der Waals surface area contributed by atoms with Crippen LogP contribution in [0.5, 0.6) is 0 Å². The zero-order valence-corrected chi connectivity index (χ0v) is 17.8. The minimum atomic E-state index is -0.725. The van der Waals surface area contributed by atoms with Gasteiger partial charge in [-0.1, -0.05) is 23.1 Å². The Bertz CT molecular complexity index is 1160. The first-order chi connectivity index (χ1) is 14.5. The Labute approximate surface area is 179 Å². The molecule has 1 aliphatic rings. The van der Waals surface area contributed by atoms with Crippen molar-refractivity contribution in [1.29, 1.82) is 0 Å². The summed E-state index contributed by atoms with van der Waals surface area (Å²) >= 11 is 2.40. The maximum absolute atomic E-state index is 13.7. The molecule has 4 rings (SSSR count). The fourth-order valence-corrected chi connectivity index (χ4v) is 5.08. The van der Waals surface area contributed by atoms with Crippen LogP contribution in [0.4, 0.5) is 19.6 Å². The lowest BCUT2D eigenvalue weighted by atomic mass is 10.3. The van der Waals surface area contributed by atoms with Crippen LogP contribution in [-0.2, 0) is 11.3 Å². The highest BCUT2D eigenvalue weighted by molar-refractivity contribution is 7.99. The van der Waals surface area contributed by atoms with Gasteiger partial charge in [0.2, 0.25) is 5.91 Å². The van der Waals surface area contributed by atoms with Gasteiger partial charge in [0.1, 0.15) is 16.3 Å². The summed E-state index contributed by atoms with van der Waals surface area (Å²) in [7, 11) is 0. The molecule has 7 nitrogen and oxygen atoms in total. The molecule has 1 saturated heterocycles. The molecule has 0 radical (unpaired) electrons. The third-order valence-corrected chi connectivity index (χ3v) is 6.77. The van der Waals surface area contributed by atoms with Crippen molar-refractivity contribution in [2.45, 2.75) is 31.5 Å². The van der Waals surface area contributed by atoms with Gasteiger partial charge in [0.05, 0.1) is 11.4 Å². The summed E-state index contributed by atoms with van der Waals surface area (Å²) in [5.41, 5.74) is -0.0492. The highest BCUT2D eigenvalue weighted by atomic mass is 32.2. The molecule has 30 heavy (non-hydrogen) atoms. The molecule has 1 aliphatic heterocycles. The molecule has 0 spiro atoms. The number of thioether (sulfide) groups is 1. The van der Waals surface area contributed by atoms with Crippen LogP contribution in [0.1, 0.15) is 19.8 Å². The number of amides is 1. The first kappa shape index (κ1) is 20.7. The molecule has 0 atom stereocenters. The van der Waals surface area contributed by atoms with E-state index < -0.39 is 17.5 Å². The molecule has 3 heterocycles. The quantitative estimate of drug-likeness (QED) is 0.457. The van der Waals surface area contributed by atoms with Gasteiger partial charge in [0.25, 0.3) is 5.56 Å². The zero-order chi connectivity index (χ0) is 21.3. The first-order valence-corrected chi connectivity index (χ1v) is 11.3. The van der Waals surface area contributed by atoms with Crippen LogP contribution in [0.15, 0.2) is 28.2 Å². The number of thiazole rings is 1. The fraction of sp³-hybridized carbons (Fsp3) is 0.368. The molecule has 1 amide bonds. The van der Waals surface area contributed by atoms with Gasteiger partial charge < -0.3 is 10.2 Å². The second-order valence-corrected chi connectivity index (χ2v) is 8.67. The SMILES string of the molecule is CCn1c(SCC(=O)Nc2cc(F)ccc2F)nc2nc(N3CCCC3)sc2c1=O. The Hall–Kier alpha value is -2.53. The summed E-state index contributed by atoms with van der Waals surface area (Å²) in [6.07, 6.45) is 2.20. The fourth-order valence-electron chi connectivity index (χ4n) is 3.22. The van der Waals surface area contributed by atoms with Crippen LogP contribution in [0.25, 0.3) is 10.3 Å². The molecule has 0 saturated carbocycles. The molecule has 2 aromatic heterocycles. The molecule has 1 fully saturated rings. The Morgan fingerprint density at radius 1 is 1.27 bits per heavy atom. The second kappa shape index (κ2) is 8.68. The van der Waals surface area contributed by atoms with Crippen molar-refractivity contribution in [2.24, 2.45) is 0 Å². The van der Waals surface area contributed by atoms with Crippen molar-refractivity contribution in [3.8, 4) is 0 Å². The van der Waals surface area contributed by atoms with Gasteiger partial charge in [-0.25, -0.2) is 13.8 Å². The lowest BCUT2D eigenvalue weighted by molar-refractivity contribution is -0.113. The molecule has 3 aromatic rings. The standard InChI is InChI=1S/C19H19F2N5O2S2/c1-2-26-17(28)15-16(23-18(30-15)25-7-3-4-8-25)24-19(26)29-10-14(27)22-13-9-11(20)5-6-12(13)21/h5-6,9H,2-4,7-8,10H2,1H3,(H,22,27). The molecular formula is C19H19F2N5O2S2. The van der Waals surface area contributed by atoms with Gasteiger partial charge in [-0.05, 0) is 31.9 Å². The molecule has 0 unspecified atom stereocenters. The molecule has 11 heteroatoms. The minimum absolute atomic E-state index is 0.114. The Kier molecular flexibility index (Phi) is 6.00. The number of carbonyl (C=O) groups is 1. The van der Waals surface area contributed by atoms with Crippen molar-refractivity contribution in [3.05, 3.63) is 40.2 Å². The Balaban J connectivity index is 1.54. The summed E-state index contributed by atoms with van der Waals surface area (Å²) in [6.45, 7) is 4.05. The van der Waals surface area contributed by atoms with Crippen LogP contribution < -0.4 is 15.8 Å². The van der Waals surface area contributed by atoms with E-state index in [1.807, 2.05) is 6.92 Å². The topological polar surface area (TPSA) is 80.1 Å². The maximum Gasteiger partial charge on any atom is 0.273 e. The third kappa shape index (κ3) is 4.17. The zero-order valence-electron chi connectivity index (χ0n) is 16.2. The number of nitrogens with zero attached hydrogens (tertiary/aromatic N) is 4. The van der Waals surface area contributed by atoms with Crippen LogP contribution in [0, 0.1) is 11.6 Å². The van der Waals surface area contributed by atoms with Gasteiger partial charge in [-0.3, -0.25) is 14.2 Å². The molecule has 0 bridgehead atoms. The van der Waals surface area contributed by atoms with Gasteiger partial charge in [-0.2, -0.15) is 4.98 Å². The van der Waals surface area contributed by atoms with Gasteiger partial charge in [0, 0.05) is 25.7 Å². The van der Waals surface area contributed by atoms with Gasteiger partial charge in [0.15, 0.2) is 15.9 Å². The number of fused-ring (bicyclic) bond motifs is 1. The van der Waals surface area contributed by atoms with Crippen molar-refractivity contribution in [1.82, 2.24) is 14.5 Å². The summed E-state index contributed by atoms with van der Waals surface area (Å²) < 4.78 is 29.0. The van der Waals surface area contributed by atoms with E-state index in [0.717, 1.165) is 61.0 Å². The maximum atomic E-state index is 13.7. The lowest BCUT2D eigenvalue weighted by Crippen LogP contribution is -2.23. The number of nitrogens with one attached hydrogen (secondary N) is 1. The summed E-state index contributed by atoms with van der Waals surface area (Å²) in [5.74, 6) is -2.02. The minimum Gasteiger partial charge on any atom is -0.348 e. The summed E-state index contributed by atoms with van der Waals surface area (Å²) in [5, 5.41) is 3.49. The predicted molar refractivity (Wildman–Crippen MR) is 115 cm³/mol. The Morgan fingerprint density at radius 2 is 2.03 bits per heavy atom. The summed E-state index contributed by atoms with van der Waals surface area (Å²) in [6, 6.07) is 2.84. The number of carbonyl (C=O) groups excluding carboxylic acids is 1. The lowest BCUT2D eigenvalue weighted by Gasteiger charge is -2.11. The monoisotopic (exact) mass is 451 g/mol. The average Bonchev–Trinajstić information content (AvgIpc) is 3.39. The van der Waals surface area contributed by atoms with Crippen LogP contribution in [-0.4, -0.2) is 39.3 Å². The van der Waals surface area contributed by atoms with Crippen molar-refractivity contribution < 1.29 is 13.6 Å². The van der Waals surface area contributed by atoms with E-state index in [1.54, 1.807) is 0 Å². The van der Waals surface area contributed by atoms with E-state index in [4.69, 9.17) is 0 Å². The number of anilines is 2.